The summed E-state index contributed by atoms with van der Waals surface area (Å²) in [6, 6.07) is 12.8. The summed E-state index contributed by atoms with van der Waals surface area (Å²) in [5.41, 5.74) is -0.977. The van der Waals surface area contributed by atoms with Gasteiger partial charge in [-0.1, -0.05) is 42.5 Å². The molecule has 27 heavy (non-hydrogen) atoms. The highest BCUT2D eigenvalue weighted by Gasteiger charge is 2.33. The Hall–Kier alpha value is -3.16. The molecule has 2 aromatic rings. The van der Waals surface area contributed by atoms with Crippen LogP contribution in [0.3, 0.4) is 0 Å². The minimum absolute atomic E-state index is 0.0959. The molecule has 142 valence electrons. The molecule has 0 heterocycles. The molecule has 0 aromatic heterocycles. The van der Waals surface area contributed by atoms with Crippen LogP contribution in [0.4, 0.5) is 18.9 Å². The first-order chi connectivity index (χ1) is 12.8. The van der Waals surface area contributed by atoms with Crippen LogP contribution >= 0.6 is 0 Å². The molecule has 0 aliphatic rings. The minimum Gasteiger partial charge on any atom is -0.456 e. The second-order valence-corrected chi connectivity index (χ2v) is 5.54. The van der Waals surface area contributed by atoms with E-state index in [4.69, 9.17) is 4.74 Å². The van der Waals surface area contributed by atoms with E-state index in [0.29, 0.717) is 5.56 Å². The lowest BCUT2D eigenvalue weighted by Gasteiger charge is -2.13. The van der Waals surface area contributed by atoms with Crippen molar-refractivity contribution in [2.75, 3.05) is 11.9 Å². The Morgan fingerprint density at radius 3 is 2.19 bits per heavy atom. The number of anilines is 1. The van der Waals surface area contributed by atoms with E-state index in [1.54, 1.807) is 30.3 Å². The summed E-state index contributed by atoms with van der Waals surface area (Å²) in [7, 11) is 0. The lowest BCUT2D eigenvalue weighted by molar-refractivity contribution is -0.147. The van der Waals surface area contributed by atoms with Crippen molar-refractivity contribution < 1.29 is 32.3 Å². The quantitative estimate of drug-likeness (QED) is 0.586. The lowest BCUT2D eigenvalue weighted by atomic mass is 10.1. The Bertz CT molecular complexity index is 819. The van der Waals surface area contributed by atoms with Crippen molar-refractivity contribution in [1.29, 1.82) is 0 Å². The molecule has 0 unspecified atom stereocenters. The molecule has 0 saturated carbocycles. The van der Waals surface area contributed by atoms with E-state index in [0.717, 1.165) is 12.1 Å². The van der Waals surface area contributed by atoms with Gasteiger partial charge in [-0.2, -0.15) is 13.2 Å². The highest BCUT2D eigenvalue weighted by atomic mass is 19.4. The molecule has 2 aromatic carbocycles. The first kappa shape index (κ1) is 20.2. The van der Waals surface area contributed by atoms with Gasteiger partial charge in [0.2, 0.25) is 0 Å². The molecule has 8 heteroatoms. The smallest absolute Gasteiger partial charge is 0.418 e. The van der Waals surface area contributed by atoms with Gasteiger partial charge in [0.25, 0.3) is 5.91 Å². The van der Waals surface area contributed by atoms with E-state index >= 15 is 0 Å². The van der Waals surface area contributed by atoms with Crippen molar-refractivity contribution >= 4 is 23.3 Å². The predicted molar refractivity (Wildman–Crippen MR) is 91.0 cm³/mol. The van der Waals surface area contributed by atoms with Gasteiger partial charge < -0.3 is 10.1 Å². The topological polar surface area (TPSA) is 72.5 Å². The van der Waals surface area contributed by atoms with E-state index in [2.05, 4.69) is 5.32 Å². The number of carbonyl (C=O) groups is 3. The number of para-hydroxylation sites is 1. The Kier molecular flexibility index (Phi) is 6.70. The monoisotopic (exact) mass is 379 g/mol. The predicted octanol–water partition coefficient (Wildman–Crippen LogP) is 3.85. The molecule has 5 nitrogen and oxygen atoms in total. The maximum absolute atomic E-state index is 12.9. The van der Waals surface area contributed by atoms with Crippen LogP contribution in [0, 0.1) is 0 Å². The molecule has 0 bridgehead atoms. The second-order valence-electron chi connectivity index (χ2n) is 5.54. The summed E-state index contributed by atoms with van der Waals surface area (Å²) < 4.78 is 43.3. The standard InChI is InChI=1S/C19H16F3NO4/c20-19(21,22)14-8-4-5-9-15(14)23-17(25)12-27-18(26)11-10-16(24)13-6-2-1-3-7-13/h1-9H,10-12H2,(H,23,25). The summed E-state index contributed by atoms with van der Waals surface area (Å²) >= 11 is 0. The van der Waals surface area contributed by atoms with Gasteiger partial charge in [-0.05, 0) is 12.1 Å². The second kappa shape index (κ2) is 8.98. The number of carbonyl (C=O) groups excluding carboxylic acids is 3. The third-order valence-corrected chi connectivity index (χ3v) is 3.52. The van der Waals surface area contributed by atoms with Gasteiger partial charge >= 0.3 is 12.1 Å². The zero-order valence-electron chi connectivity index (χ0n) is 14.1. The molecule has 0 atom stereocenters. The van der Waals surface area contributed by atoms with Crippen LogP contribution in [0.1, 0.15) is 28.8 Å². The SMILES string of the molecule is O=C(COC(=O)CCC(=O)c1ccccc1)Nc1ccccc1C(F)(F)F. The molecular formula is C19H16F3NO4. The molecule has 0 saturated heterocycles. The zero-order chi connectivity index (χ0) is 19.9. The van der Waals surface area contributed by atoms with E-state index in [9.17, 15) is 27.6 Å². The van der Waals surface area contributed by atoms with Crippen molar-refractivity contribution in [3.05, 3.63) is 65.7 Å². The van der Waals surface area contributed by atoms with Crippen molar-refractivity contribution in [3.8, 4) is 0 Å². The number of benzene rings is 2. The van der Waals surface area contributed by atoms with Crippen LogP contribution in [0.2, 0.25) is 0 Å². The van der Waals surface area contributed by atoms with Gasteiger partial charge in [0.1, 0.15) is 0 Å². The maximum Gasteiger partial charge on any atom is 0.418 e. The molecule has 0 aliphatic carbocycles. The number of ether oxygens (including phenoxy) is 1. The number of rotatable bonds is 7. The maximum atomic E-state index is 12.9. The molecule has 0 radical (unpaired) electrons. The summed E-state index contributed by atoms with van der Waals surface area (Å²) in [6.07, 6.45) is -4.96. The average Bonchev–Trinajstić information content (AvgIpc) is 2.64. The van der Waals surface area contributed by atoms with Gasteiger partial charge in [-0.15, -0.1) is 0 Å². The number of ketones is 1. The average molecular weight is 379 g/mol. The molecular weight excluding hydrogens is 363 g/mol. The van der Waals surface area contributed by atoms with Gasteiger partial charge in [-0.3, -0.25) is 14.4 Å². The number of halogens is 3. The largest absolute Gasteiger partial charge is 0.456 e. The molecule has 0 aliphatic heterocycles. The van der Waals surface area contributed by atoms with Crippen LogP contribution in [0.15, 0.2) is 54.6 Å². The third kappa shape index (κ3) is 6.25. The number of hydrogen-bond donors (Lipinski definition) is 1. The number of amides is 1. The Balaban J connectivity index is 1.81. The normalized spacial score (nSPS) is 10.9. The van der Waals surface area contributed by atoms with Gasteiger partial charge in [0.15, 0.2) is 12.4 Å². The fraction of sp³-hybridized carbons (Fsp3) is 0.211. The Labute approximate surface area is 153 Å². The summed E-state index contributed by atoms with van der Waals surface area (Å²) in [4.78, 5) is 35.2. The van der Waals surface area contributed by atoms with Gasteiger partial charge in [-0.25, -0.2) is 0 Å². The van der Waals surface area contributed by atoms with Crippen molar-refractivity contribution in [2.45, 2.75) is 19.0 Å². The summed E-state index contributed by atoms with van der Waals surface area (Å²) in [5.74, 6) is -1.95. The van der Waals surface area contributed by atoms with Crippen LogP contribution in [-0.2, 0) is 20.5 Å². The number of alkyl halides is 3. The first-order valence-corrected chi connectivity index (χ1v) is 7.97. The Morgan fingerprint density at radius 2 is 1.52 bits per heavy atom. The lowest BCUT2D eigenvalue weighted by Crippen LogP contribution is -2.23. The Morgan fingerprint density at radius 1 is 0.889 bits per heavy atom. The molecule has 0 fully saturated rings. The highest BCUT2D eigenvalue weighted by molar-refractivity contribution is 5.98. The molecule has 1 amide bonds. The highest BCUT2D eigenvalue weighted by Crippen LogP contribution is 2.34. The third-order valence-electron chi connectivity index (χ3n) is 3.52. The summed E-state index contributed by atoms with van der Waals surface area (Å²) in [5, 5.41) is 2.06. The number of nitrogens with one attached hydrogen (secondary N) is 1. The van der Waals surface area contributed by atoms with Crippen molar-refractivity contribution in [1.82, 2.24) is 0 Å². The molecule has 1 N–H and O–H groups in total. The number of hydrogen-bond acceptors (Lipinski definition) is 4. The zero-order valence-corrected chi connectivity index (χ0v) is 14.1. The van der Waals surface area contributed by atoms with Crippen LogP contribution in [0.25, 0.3) is 0 Å². The van der Waals surface area contributed by atoms with E-state index < -0.39 is 35.9 Å². The van der Waals surface area contributed by atoms with E-state index in [1.165, 1.54) is 12.1 Å². The van der Waals surface area contributed by atoms with E-state index in [-0.39, 0.29) is 18.6 Å². The fourth-order valence-electron chi connectivity index (χ4n) is 2.23. The summed E-state index contributed by atoms with van der Waals surface area (Å²) in [6.45, 7) is -0.745. The van der Waals surface area contributed by atoms with Crippen LogP contribution in [-0.4, -0.2) is 24.3 Å². The van der Waals surface area contributed by atoms with Crippen LogP contribution in [0.5, 0.6) is 0 Å². The van der Waals surface area contributed by atoms with Crippen LogP contribution < -0.4 is 5.32 Å². The first-order valence-electron chi connectivity index (χ1n) is 7.97. The number of Topliss-reactive ketones (excluding diaryl/α,β-unsaturated/α-hetero) is 1. The molecule has 0 spiro atoms. The van der Waals surface area contributed by atoms with Crippen molar-refractivity contribution in [2.24, 2.45) is 0 Å². The van der Waals surface area contributed by atoms with E-state index in [1.807, 2.05) is 0 Å². The number of esters is 1. The van der Waals surface area contributed by atoms with Gasteiger partial charge in [0, 0.05) is 12.0 Å². The van der Waals surface area contributed by atoms with Gasteiger partial charge in [0.05, 0.1) is 17.7 Å². The minimum atomic E-state index is -4.63. The van der Waals surface area contributed by atoms with Crippen molar-refractivity contribution in [3.63, 3.8) is 0 Å². The molecule has 2 rings (SSSR count). The fourth-order valence-corrected chi connectivity index (χ4v) is 2.23.